The summed E-state index contributed by atoms with van der Waals surface area (Å²) in [6, 6.07) is 3.78. The first-order chi connectivity index (χ1) is 7.76. The van der Waals surface area contributed by atoms with Crippen molar-refractivity contribution in [2.45, 2.75) is 38.6 Å². The Morgan fingerprint density at radius 3 is 3.06 bits per heavy atom. The zero-order valence-electron chi connectivity index (χ0n) is 9.53. The molecule has 0 spiro atoms. The summed E-state index contributed by atoms with van der Waals surface area (Å²) in [4.78, 5) is 11.6. The molecule has 0 aliphatic heterocycles. The predicted molar refractivity (Wildman–Crippen MR) is 62.7 cm³/mol. The molecule has 86 valence electrons. The van der Waals surface area contributed by atoms with Crippen LogP contribution in [0.5, 0.6) is 0 Å². The van der Waals surface area contributed by atoms with Crippen molar-refractivity contribution in [3.63, 3.8) is 0 Å². The lowest BCUT2D eigenvalue weighted by Gasteiger charge is -2.13. The highest BCUT2D eigenvalue weighted by atomic mass is 16.3. The molecule has 3 heteroatoms. The molecule has 1 aromatic heterocycles. The van der Waals surface area contributed by atoms with Gasteiger partial charge in [0.15, 0.2) is 0 Å². The molecule has 1 aromatic rings. The van der Waals surface area contributed by atoms with Crippen LogP contribution in [0, 0.1) is 12.3 Å². The molecule has 0 aliphatic carbocycles. The van der Waals surface area contributed by atoms with Gasteiger partial charge in [0.25, 0.3) is 0 Å². The van der Waals surface area contributed by atoms with E-state index in [1.54, 1.807) is 6.26 Å². The monoisotopic (exact) mass is 219 g/mol. The smallest absolute Gasteiger partial charge is 0.220 e. The molecule has 0 fully saturated rings. The lowest BCUT2D eigenvalue weighted by atomic mass is 10.1. The second kappa shape index (κ2) is 6.73. The molecule has 0 saturated heterocycles. The summed E-state index contributed by atoms with van der Waals surface area (Å²) >= 11 is 0. The number of carbonyl (C=O) groups is 1. The molecule has 1 N–H and O–H groups in total. The van der Waals surface area contributed by atoms with Crippen molar-refractivity contribution >= 4 is 5.91 Å². The van der Waals surface area contributed by atoms with E-state index in [0.29, 0.717) is 19.3 Å². The van der Waals surface area contributed by atoms with Gasteiger partial charge in [-0.2, -0.15) is 0 Å². The minimum Gasteiger partial charge on any atom is -0.469 e. The maximum Gasteiger partial charge on any atom is 0.220 e. The molecule has 0 aromatic carbocycles. The maximum absolute atomic E-state index is 11.6. The van der Waals surface area contributed by atoms with Gasteiger partial charge in [-0.05, 0) is 18.6 Å². The van der Waals surface area contributed by atoms with E-state index in [9.17, 15) is 4.79 Å². The first kappa shape index (κ1) is 12.4. The number of furan rings is 1. The number of rotatable bonds is 6. The van der Waals surface area contributed by atoms with Crippen molar-refractivity contribution in [1.29, 1.82) is 0 Å². The lowest BCUT2D eigenvalue weighted by molar-refractivity contribution is -0.121. The molecule has 0 aliphatic rings. The van der Waals surface area contributed by atoms with Gasteiger partial charge in [0.2, 0.25) is 5.91 Å². The summed E-state index contributed by atoms with van der Waals surface area (Å²) < 4.78 is 5.15. The van der Waals surface area contributed by atoms with E-state index in [1.165, 1.54) is 0 Å². The summed E-state index contributed by atoms with van der Waals surface area (Å²) in [6.07, 6.45) is 9.34. The summed E-state index contributed by atoms with van der Waals surface area (Å²) in [5, 5.41) is 2.91. The second-order valence-corrected chi connectivity index (χ2v) is 3.66. The third-order valence-corrected chi connectivity index (χ3v) is 2.40. The Bertz CT molecular complexity index is 349. The van der Waals surface area contributed by atoms with Crippen molar-refractivity contribution in [2.24, 2.45) is 0 Å². The van der Waals surface area contributed by atoms with Gasteiger partial charge < -0.3 is 9.73 Å². The Kier molecular flexibility index (Phi) is 5.21. The number of terminal acetylenes is 1. The molecule has 0 radical (unpaired) electrons. The Morgan fingerprint density at radius 2 is 2.50 bits per heavy atom. The molecule has 1 heterocycles. The van der Waals surface area contributed by atoms with Crippen molar-refractivity contribution in [3.8, 4) is 12.3 Å². The number of amides is 1. The van der Waals surface area contributed by atoms with Gasteiger partial charge in [0, 0.05) is 25.3 Å². The highest BCUT2D eigenvalue weighted by Gasteiger charge is 2.09. The third kappa shape index (κ3) is 4.22. The van der Waals surface area contributed by atoms with E-state index in [0.717, 1.165) is 12.2 Å². The van der Waals surface area contributed by atoms with Crippen LogP contribution in [0.25, 0.3) is 0 Å². The van der Waals surface area contributed by atoms with Gasteiger partial charge in [-0.15, -0.1) is 12.3 Å². The van der Waals surface area contributed by atoms with E-state index in [1.807, 2.05) is 19.1 Å². The van der Waals surface area contributed by atoms with Gasteiger partial charge in [0.05, 0.1) is 6.26 Å². The lowest BCUT2D eigenvalue weighted by Crippen LogP contribution is -2.34. The number of nitrogens with one attached hydrogen (secondary N) is 1. The largest absolute Gasteiger partial charge is 0.469 e. The molecular weight excluding hydrogens is 202 g/mol. The molecule has 3 nitrogen and oxygen atoms in total. The predicted octanol–water partition coefficient (Wildman–Crippen LogP) is 2.13. The summed E-state index contributed by atoms with van der Waals surface area (Å²) in [5.74, 6) is 3.42. The van der Waals surface area contributed by atoms with Crippen LogP contribution in [-0.4, -0.2) is 11.9 Å². The molecular formula is C13H17NO2. The fourth-order valence-corrected chi connectivity index (χ4v) is 1.43. The van der Waals surface area contributed by atoms with Gasteiger partial charge in [-0.3, -0.25) is 4.79 Å². The highest BCUT2D eigenvalue weighted by molar-refractivity contribution is 5.76. The third-order valence-electron chi connectivity index (χ3n) is 2.40. The molecule has 1 rings (SSSR count). The van der Waals surface area contributed by atoms with Crippen molar-refractivity contribution in [3.05, 3.63) is 24.2 Å². The molecule has 16 heavy (non-hydrogen) atoms. The highest BCUT2D eigenvalue weighted by Crippen LogP contribution is 2.04. The van der Waals surface area contributed by atoms with Gasteiger partial charge in [-0.25, -0.2) is 0 Å². The van der Waals surface area contributed by atoms with Gasteiger partial charge in [-0.1, -0.05) is 6.92 Å². The van der Waals surface area contributed by atoms with Crippen LogP contribution in [0.1, 0.15) is 31.9 Å². The zero-order chi connectivity index (χ0) is 11.8. The van der Waals surface area contributed by atoms with Crippen LogP contribution in [-0.2, 0) is 11.2 Å². The van der Waals surface area contributed by atoms with Crippen LogP contribution < -0.4 is 5.32 Å². The molecule has 0 saturated carbocycles. The Morgan fingerprint density at radius 1 is 1.69 bits per heavy atom. The van der Waals surface area contributed by atoms with Crippen LogP contribution in [0.3, 0.4) is 0 Å². The first-order valence-corrected chi connectivity index (χ1v) is 5.51. The number of hydrogen-bond acceptors (Lipinski definition) is 2. The van der Waals surface area contributed by atoms with Crippen molar-refractivity contribution in [1.82, 2.24) is 5.32 Å². The molecule has 1 unspecified atom stereocenters. The minimum atomic E-state index is 0.0264. The molecule has 0 bridgehead atoms. The fraction of sp³-hybridized carbons (Fsp3) is 0.462. The quantitative estimate of drug-likeness (QED) is 0.745. The van der Waals surface area contributed by atoms with Crippen LogP contribution >= 0.6 is 0 Å². The van der Waals surface area contributed by atoms with E-state index >= 15 is 0 Å². The van der Waals surface area contributed by atoms with E-state index in [2.05, 4.69) is 11.2 Å². The van der Waals surface area contributed by atoms with E-state index in [-0.39, 0.29) is 11.9 Å². The van der Waals surface area contributed by atoms with Crippen LogP contribution in [0.15, 0.2) is 22.8 Å². The van der Waals surface area contributed by atoms with Gasteiger partial charge in [0.1, 0.15) is 5.76 Å². The number of hydrogen-bond donors (Lipinski definition) is 1. The summed E-state index contributed by atoms with van der Waals surface area (Å²) in [7, 11) is 0. The average Bonchev–Trinajstić information content (AvgIpc) is 2.78. The van der Waals surface area contributed by atoms with E-state index < -0.39 is 0 Å². The molecule has 1 amide bonds. The van der Waals surface area contributed by atoms with Crippen molar-refractivity contribution in [2.75, 3.05) is 0 Å². The SMILES string of the molecule is C#CCC(CC)NC(=O)CCc1ccco1. The fourth-order valence-electron chi connectivity index (χ4n) is 1.43. The Balaban J connectivity index is 2.27. The number of carbonyl (C=O) groups excluding carboxylic acids is 1. The standard InChI is InChI=1S/C13H17NO2/c1-3-6-11(4-2)14-13(15)9-8-12-7-5-10-16-12/h1,5,7,10-11H,4,6,8-9H2,2H3,(H,14,15). The average molecular weight is 219 g/mol. The molecule has 1 atom stereocenters. The maximum atomic E-state index is 11.6. The minimum absolute atomic E-state index is 0.0264. The normalized spacial score (nSPS) is 11.8. The first-order valence-electron chi connectivity index (χ1n) is 5.51. The Hall–Kier alpha value is -1.69. The van der Waals surface area contributed by atoms with Crippen LogP contribution in [0.2, 0.25) is 0 Å². The van der Waals surface area contributed by atoms with E-state index in [4.69, 9.17) is 10.8 Å². The summed E-state index contributed by atoms with van der Waals surface area (Å²) in [5.41, 5.74) is 0. The zero-order valence-corrected chi connectivity index (χ0v) is 9.53. The summed E-state index contributed by atoms with van der Waals surface area (Å²) in [6.45, 7) is 2.01. The van der Waals surface area contributed by atoms with Crippen molar-refractivity contribution < 1.29 is 9.21 Å². The van der Waals surface area contributed by atoms with Gasteiger partial charge >= 0.3 is 0 Å². The number of aryl methyl sites for hydroxylation is 1. The second-order valence-electron chi connectivity index (χ2n) is 3.66. The Labute approximate surface area is 96.2 Å². The van der Waals surface area contributed by atoms with Crippen LogP contribution in [0.4, 0.5) is 0 Å². The topological polar surface area (TPSA) is 42.2 Å².